The van der Waals surface area contributed by atoms with Crippen molar-refractivity contribution in [3.05, 3.63) is 42.2 Å². The van der Waals surface area contributed by atoms with E-state index in [4.69, 9.17) is 0 Å². The quantitative estimate of drug-likeness (QED) is 0.826. The number of nitrogens with one attached hydrogen (secondary N) is 1. The highest BCUT2D eigenvalue weighted by atomic mass is 16.3. The molecule has 0 atom stereocenters. The van der Waals surface area contributed by atoms with Gasteiger partial charge in [-0.15, -0.1) is 0 Å². The van der Waals surface area contributed by atoms with Gasteiger partial charge in [-0.1, -0.05) is 0 Å². The fraction of sp³-hybridized carbons (Fsp3) is 0.250. The summed E-state index contributed by atoms with van der Waals surface area (Å²) in [6.07, 6.45) is 3.58. The SMILES string of the molecule is O=Cc1ccc(N2CCN(C(=O)Nc3ccc(O)cn3)CC2)nc1. The van der Waals surface area contributed by atoms with E-state index in [1.54, 1.807) is 23.1 Å². The van der Waals surface area contributed by atoms with Crippen molar-refractivity contribution >= 4 is 24.0 Å². The summed E-state index contributed by atoms with van der Waals surface area (Å²) in [5.41, 5.74) is 0.540. The molecule has 0 unspecified atom stereocenters. The molecule has 8 nitrogen and oxygen atoms in total. The summed E-state index contributed by atoms with van der Waals surface area (Å²) in [5.74, 6) is 1.24. The van der Waals surface area contributed by atoms with Gasteiger partial charge in [-0.05, 0) is 24.3 Å². The molecule has 2 amide bonds. The Hall–Kier alpha value is -3.16. The first kappa shape index (κ1) is 15.7. The second-order valence-electron chi connectivity index (χ2n) is 5.37. The van der Waals surface area contributed by atoms with Gasteiger partial charge in [0.05, 0.1) is 6.20 Å². The van der Waals surface area contributed by atoms with Crippen LogP contribution in [0.15, 0.2) is 36.7 Å². The van der Waals surface area contributed by atoms with Crippen LogP contribution < -0.4 is 10.2 Å². The molecule has 1 aliphatic heterocycles. The summed E-state index contributed by atoms with van der Waals surface area (Å²) < 4.78 is 0. The number of hydrogen-bond acceptors (Lipinski definition) is 6. The zero-order chi connectivity index (χ0) is 16.9. The molecule has 0 aliphatic carbocycles. The summed E-state index contributed by atoms with van der Waals surface area (Å²) in [7, 11) is 0. The average molecular weight is 327 g/mol. The lowest BCUT2D eigenvalue weighted by Crippen LogP contribution is -2.50. The van der Waals surface area contributed by atoms with Crippen LogP contribution in [0.5, 0.6) is 5.75 Å². The fourth-order valence-corrected chi connectivity index (χ4v) is 2.44. The smallest absolute Gasteiger partial charge is 0.323 e. The lowest BCUT2D eigenvalue weighted by atomic mass is 10.2. The molecule has 0 radical (unpaired) electrons. The van der Waals surface area contributed by atoms with E-state index < -0.39 is 0 Å². The number of piperazine rings is 1. The van der Waals surface area contributed by atoms with Crippen LogP contribution in [0.2, 0.25) is 0 Å². The van der Waals surface area contributed by atoms with E-state index >= 15 is 0 Å². The van der Waals surface area contributed by atoms with Gasteiger partial charge in [0.15, 0.2) is 6.29 Å². The number of urea groups is 1. The number of aromatic nitrogens is 2. The average Bonchev–Trinajstić information content (AvgIpc) is 2.64. The largest absolute Gasteiger partial charge is 0.506 e. The van der Waals surface area contributed by atoms with Crippen LogP contribution in [0.1, 0.15) is 10.4 Å². The molecule has 2 aromatic heterocycles. The number of aldehydes is 1. The molecule has 2 aromatic rings. The minimum absolute atomic E-state index is 0.0507. The van der Waals surface area contributed by atoms with Crippen LogP contribution >= 0.6 is 0 Å². The number of nitrogens with zero attached hydrogens (tertiary/aromatic N) is 4. The van der Waals surface area contributed by atoms with E-state index in [1.807, 2.05) is 0 Å². The third kappa shape index (κ3) is 3.60. The molecule has 1 saturated heterocycles. The van der Waals surface area contributed by atoms with Crippen molar-refractivity contribution in [1.29, 1.82) is 0 Å². The van der Waals surface area contributed by atoms with Gasteiger partial charge >= 0.3 is 6.03 Å². The van der Waals surface area contributed by atoms with E-state index in [-0.39, 0.29) is 11.8 Å². The Labute approximate surface area is 138 Å². The van der Waals surface area contributed by atoms with Crippen LogP contribution in [0, 0.1) is 0 Å². The summed E-state index contributed by atoms with van der Waals surface area (Å²) in [6.45, 7) is 2.43. The molecule has 3 rings (SSSR count). The Morgan fingerprint density at radius 3 is 2.46 bits per heavy atom. The topological polar surface area (TPSA) is 98.7 Å². The first-order valence-electron chi connectivity index (χ1n) is 7.53. The van der Waals surface area contributed by atoms with Crippen molar-refractivity contribution in [1.82, 2.24) is 14.9 Å². The first-order chi connectivity index (χ1) is 11.7. The molecule has 0 saturated carbocycles. The highest BCUT2D eigenvalue weighted by molar-refractivity contribution is 5.88. The second-order valence-corrected chi connectivity index (χ2v) is 5.37. The molecule has 8 heteroatoms. The van der Waals surface area contributed by atoms with E-state index in [0.717, 1.165) is 12.1 Å². The second kappa shape index (κ2) is 6.95. The standard InChI is InChI=1S/C16H17N5O3/c22-11-12-1-4-15(18-9-12)20-5-7-21(8-6-20)16(24)19-14-3-2-13(23)10-17-14/h1-4,9-11,23H,5-8H2,(H,17,19,24). The zero-order valence-electron chi connectivity index (χ0n) is 12.9. The van der Waals surface area contributed by atoms with E-state index in [9.17, 15) is 14.7 Å². The predicted molar refractivity (Wildman–Crippen MR) is 88.3 cm³/mol. The lowest BCUT2D eigenvalue weighted by molar-refractivity contribution is 0.112. The Morgan fingerprint density at radius 2 is 1.88 bits per heavy atom. The summed E-state index contributed by atoms with van der Waals surface area (Å²) in [4.78, 5) is 34.8. The van der Waals surface area contributed by atoms with Crippen molar-refractivity contribution in [3.63, 3.8) is 0 Å². The minimum atomic E-state index is -0.225. The normalized spacial score (nSPS) is 14.3. The monoisotopic (exact) mass is 327 g/mol. The van der Waals surface area contributed by atoms with Gasteiger partial charge in [0.1, 0.15) is 17.4 Å². The third-order valence-corrected chi connectivity index (χ3v) is 3.78. The molecule has 2 N–H and O–H groups in total. The molecular formula is C16H17N5O3. The molecule has 1 fully saturated rings. The zero-order valence-corrected chi connectivity index (χ0v) is 12.9. The van der Waals surface area contributed by atoms with Crippen molar-refractivity contribution in [3.8, 4) is 5.75 Å². The number of amides is 2. The molecule has 24 heavy (non-hydrogen) atoms. The lowest BCUT2D eigenvalue weighted by Gasteiger charge is -2.35. The molecule has 0 bridgehead atoms. The maximum absolute atomic E-state index is 12.2. The van der Waals surface area contributed by atoms with Gasteiger partial charge < -0.3 is 14.9 Å². The fourth-order valence-electron chi connectivity index (χ4n) is 2.44. The molecule has 124 valence electrons. The number of carbonyl (C=O) groups is 2. The number of carbonyl (C=O) groups excluding carboxylic acids is 2. The van der Waals surface area contributed by atoms with E-state index in [2.05, 4.69) is 20.2 Å². The predicted octanol–water partition coefficient (Wildman–Crippen LogP) is 1.35. The van der Waals surface area contributed by atoms with Gasteiger partial charge in [-0.3, -0.25) is 10.1 Å². The first-order valence-corrected chi connectivity index (χ1v) is 7.53. The number of hydrogen-bond donors (Lipinski definition) is 2. The molecule has 3 heterocycles. The molecular weight excluding hydrogens is 310 g/mol. The van der Waals surface area contributed by atoms with E-state index in [1.165, 1.54) is 18.5 Å². The molecule has 1 aliphatic rings. The molecule has 0 aromatic carbocycles. The van der Waals surface area contributed by atoms with Gasteiger partial charge in [0.2, 0.25) is 0 Å². The Balaban J connectivity index is 1.54. The van der Waals surface area contributed by atoms with Crippen LogP contribution in [0.3, 0.4) is 0 Å². The van der Waals surface area contributed by atoms with Crippen LogP contribution in [0.25, 0.3) is 0 Å². The third-order valence-electron chi connectivity index (χ3n) is 3.78. The van der Waals surface area contributed by atoms with Crippen molar-refractivity contribution in [2.24, 2.45) is 0 Å². The van der Waals surface area contributed by atoms with Gasteiger partial charge in [0, 0.05) is 37.9 Å². The Kier molecular flexibility index (Phi) is 4.55. The van der Waals surface area contributed by atoms with Crippen LogP contribution in [-0.4, -0.2) is 58.5 Å². The summed E-state index contributed by atoms with van der Waals surface area (Å²) in [5, 5.41) is 11.9. The van der Waals surface area contributed by atoms with Crippen molar-refractivity contribution in [2.75, 3.05) is 36.4 Å². The number of pyridine rings is 2. The van der Waals surface area contributed by atoms with Crippen molar-refractivity contribution in [2.45, 2.75) is 0 Å². The number of rotatable bonds is 3. The van der Waals surface area contributed by atoms with Crippen molar-refractivity contribution < 1.29 is 14.7 Å². The molecule has 0 spiro atoms. The number of anilines is 2. The number of aromatic hydroxyl groups is 1. The minimum Gasteiger partial charge on any atom is -0.506 e. The van der Waals surface area contributed by atoms with E-state index in [0.29, 0.717) is 37.6 Å². The van der Waals surface area contributed by atoms with Crippen LogP contribution in [0.4, 0.5) is 16.4 Å². The maximum Gasteiger partial charge on any atom is 0.323 e. The Morgan fingerprint density at radius 1 is 1.08 bits per heavy atom. The van der Waals surface area contributed by atoms with Crippen LogP contribution in [-0.2, 0) is 0 Å². The highest BCUT2D eigenvalue weighted by Gasteiger charge is 2.22. The van der Waals surface area contributed by atoms with Gasteiger partial charge in [0.25, 0.3) is 0 Å². The Bertz CT molecular complexity index is 709. The summed E-state index contributed by atoms with van der Waals surface area (Å²) >= 11 is 0. The highest BCUT2D eigenvalue weighted by Crippen LogP contribution is 2.15. The van der Waals surface area contributed by atoms with Gasteiger partial charge in [-0.2, -0.15) is 0 Å². The van der Waals surface area contributed by atoms with Gasteiger partial charge in [-0.25, -0.2) is 14.8 Å². The maximum atomic E-state index is 12.2. The summed E-state index contributed by atoms with van der Waals surface area (Å²) in [6, 6.07) is 6.32.